The summed E-state index contributed by atoms with van der Waals surface area (Å²) in [6.07, 6.45) is -2.14. The molecule has 0 amide bonds. The Labute approximate surface area is 193 Å². The van der Waals surface area contributed by atoms with E-state index in [1.165, 1.54) is 17.8 Å². The Morgan fingerprint density at radius 1 is 1.50 bits per heavy atom. The zero-order valence-corrected chi connectivity index (χ0v) is 19.6. The highest BCUT2D eigenvalue weighted by Gasteiger charge is 2.51. The molecule has 4 atom stereocenters. The second-order valence-electron chi connectivity index (χ2n) is 7.78. The number of carbonyl (C=O) groups excluding carboxylic acids is 2. The molecule has 0 radical (unpaired) electrons. The van der Waals surface area contributed by atoms with Crippen molar-refractivity contribution in [1.29, 1.82) is 0 Å². The van der Waals surface area contributed by atoms with Gasteiger partial charge in [-0.25, -0.2) is 18.9 Å². The number of halogens is 2. The third-order valence-corrected chi connectivity index (χ3v) is 6.19. The minimum absolute atomic E-state index is 0.0117. The molecule has 34 heavy (non-hydrogen) atoms. The van der Waals surface area contributed by atoms with Crippen molar-refractivity contribution in [1.82, 2.24) is 29.7 Å². The fraction of sp³-hybridized carbons (Fsp3) is 0.611. The second-order valence-corrected chi connectivity index (χ2v) is 9.20. The summed E-state index contributed by atoms with van der Waals surface area (Å²) in [5.41, 5.74) is 4.90. The fourth-order valence-corrected chi connectivity index (χ4v) is 4.37. The van der Waals surface area contributed by atoms with Crippen molar-refractivity contribution in [2.45, 2.75) is 57.6 Å². The molecule has 0 aliphatic carbocycles. The van der Waals surface area contributed by atoms with Crippen LogP contribution in [0.5, 0.6) is 0 Å². The van der Waals surface area contributed by atoms with Gasteiger partial charge in [0.15, 0.2) is 19.6 Å². The molecule has 2 aromatic rings. The Bertz CT molecular complexity index is 1080. The van der Waals surface area contributed by atoms with E-state index in [-0.39, 0.29) is 29.8 Å². The van der Waals surface area contributed by atoms with Gasteiger partial charge in [0.1, 0.15) is 24.7 Å². The number of anilines is 1. The quantitative estimate of drug-likeness (QED) is 0.191. The van der Waals surface area contributed by atoms with E-state index in [0.29, 0.717) is 6.29 Å². The first-order valence-electron chi connectivity index (χ1n) is 10.3. The number of hydrogen-bond acceptors (Lipinski definition) is 11. The van der Waals surface area contributed by atoms with Gasteiger partial charge in [-0.05, 0) is 20.8 Å². The number of nitrogens with zero attached hydrogens (tertiary/aromatic N) is 3. The van der Waals surface area contributed by atoms with Crippen molar-refractivity contribution >= 4 is 37.8 Å². The first-order chi connectivity index (χ1) is 16.0. The Kier molecular flexibility index (Phi) is 8.25. The summed E-state index contributed by atoms with van der Waals surface area (Å²) < 4.78 is 46.8. The van der Waals surface area contributed by atoms with E-state index >= 15 is 0 Å². The number of esters is 1. The Morgan fingerprint density at radius 3 is 2.91 bits per heavy atom. The molecule has 2 aromatic heterocycles. The third kappa shape index (κ3) is 6.10. The number of nitrogen functional groups attached to an aromatic ring is 1. The number of ether oxygens (including phenoxy) is 2. The molecule has 0 saturated carbocycles. The van der Waals surface area contributed by atoms with Gasteiger partial charge in [-0.2, -0.15) is 4.98 Å². The van der Waals surface area contributed by atoms with Crippen LogP contribution >= 0.6 is 8.45 Å². The highest BCUT2D eigenvalue weighted by atomic mass is 31.2. The smallest absolute Gasteiger partial charge is 0.323 e. The molecule has 0 aromatic carbocycles. The van der Waals surface area contributed by atoms with Crippen LogP contribution < -0.4 is 21.5 Å². The molecule has 13 nitrogen and oxygen atoms in total. The number of aromatic nitrogens is 4. The van der Waals surface area contributed by atoms with Gasteiger partial charge in [-0.1, -0.05) is 0 Å². The first kappa shape index (κ1) is 26.0. The van der Waals surface area contributed by atoms with Crippen LogP contribution in [0.4, 0.5) is 14.7 Å². The summed E-state index contributed by atoms with van der Waals surface area (Å²) in [5, 5.41) is 5.52. The van der Waals surface area contributed by atoms with Gasteiger partial charge in [0.25, 0.3) is 11.5 Å². The number of aromatic amines is 1. The molecular formula is C18H26F2N7O6P. The number of rotatable bonds is 11. The number of nitrogens with one attached hydrogen (secondary N) is 3. The van der Waals surface area contributed by atoms with Crippen molar-refractivity contribution in [3.63, 3.8) is 0 Å². The number of nitrogens with two attached hydrogens (primary N) is 1. The minimum atomic E-state index is -3.29. The topological polar surface area (TPSA) is 175 Å². The lowest BCUT2D eigenvalue weighted by Crippen LogP contribution is -2.38. The van der Waals surface area contributed by atoms with Crippen LogP contribution in [0.2, 0.25) is 0 Å². The van der Waals surface area contributed by atoms with Gasteiger partial charge in [0.2, 0.25) is 5.95 Å². The lowest BCUT2D eigenvalue weighted by Gasteiger charge is -2.25. The maximum Gasteiger partial charge on any atom is 0.323 e. The van der Waals surface area contributed by atoms with Gasteiger partial charge in [-0.15, -0.1) is 0 Å². The van der Waals surface area contributed by atoms with Crippen LogP contribution in [0.3, 0.4) is 0 Å². The van der Waals surface area contributed by atoms with Gasteiger partial charge >= 0.3 is 5.97 Å². The minimum Gasteiger partial charge on any atom is -0.462 e. The molecule has 1 aliphatic rings. The summed E-state index contributed by atoms with van der Waals surface area (Å²) in [4.78, 5) is 44.9. The van der Waals surface area contributed by atoms with E-state index in [1.807, 2.05) is 0 Å². The predicted octanol–water partition coefficient (Wildman–Crippen LogP) is 0.586. The number of carbonyl (C=O) groups is 2. The van der Waals surface area contributed by atoms with Crippen molar-refractivity contribution in [2.75, 3.05) is 18.9 Å². The molecule has 4 unspecified atom stereocenters. The van der Waals surface area contributed by atoms with Crippen LogP contribution in [0.15, 0.2) is 11.1 Å². The van der Waals surface area contributed by atoms with Gasteiger partial charge in [0, 0.05) is 0 Å². The summed E-state index contributed by atoms with van der Waals surface area (Å²) in [6.45, 7) is 4.22. The van der Waals surface area contributed by atoms with E-state index in [2.05, 4.69) is 25.1 Å². The van der Waals surface area contributed by atoms with Crippen molar-refractivity contribution in [3.05, 3.63) is 16.7 Å². The summed E-state index contributed by atoms with van der Waals surface area (Å²) in [5.74, 6) is -4.04. The Morgan fingerprint density at radius 2 is 2.24 bits per heavy atom. The number of H-pyrrole nitrogens is 1. The highest BCUT2D eigenvalue weighted by Crippen LogP contribution is 2.43. The van der Waals surface area contributed by atoms with E-state index in [1.54, 1.807) is 13.8 Å². The molecule has 0 bridgehead atoms. The monoisotopic (exact) mass is 505 g/mol. The SMILES string of the molecule is CC(C)OC(=O)C(C)NP(NCC=O)OCC1OC(n2cnc3c(=O)[nH]c(N)nc32)CC1(F)F. The van der Waals surface area contributed by atoms with Crippen LogP contribution in [0.25, 0.3) is 11.2 Å². The van der Waals surface area contributed by atoms with E-state index < -0.39 is 57.3 Å². The van der Waals surface area contributed by atoms with E-state index in [0.717, 1.165) is 0 Å². The molecule has 1 aliphatic heterocycles. The van der Waals surface area contributed by atoms with Crippen LogP contribution in [-0.2, 0) is 23.6 Å². The highest BCUT2D eigenvalue weighted by molar-refractivity contribution is 7.48. The van der Waals surface area contributed by atoms with Gasteiger partial charge in [-0.3, -0.25) is 24.2 Å². The van der Waals surface area contributed by atoms with Crippen LogP contribution in [0.1, 0.15) is 33.4 Å². The number of alkyl halides is 2. The fourth-order valence-electron chi connectivity index (χ4n) is 3.13. The lowest BCUT2D eigenvalue weighted by molar-refractivity contribution is -0.149. The van der Waals surface area contributed by atoms with Crippen LogP contribution in [0, 0.1) is 0 Å². The molecule has 188 valence electrons. The molecule has 16 heteroatoms. The van der Waals surface area contributed by atoms with Crippen LogP contribution in [-0.4, -0.2) is 69.1 Å². The maximum atomic E-state index is 14.7. The van der Waals surface area contributed by atoms with Gasteiger partial charge in [0.05, 0.1) is 32.0 Å². The summed E-state index contributed by atoms with van der Waals surface area (Å²) in [6, 6.07) is -0.822. The van der Waals surface area contributed by atoms with E-state index in [4.69, 9.17) is 19.7 Å². The largest absolute Gasteiger partial charge is 0.462 e. The van der Waals surface area contributed by atoms with Crippen molar-refractivity contribution in [2.24, 2.45) is 0 Å². The Balaban J connectivity index is 1.68. The van der Waals surface area contributed by atoms with Crippen molar-refractivity contribution in [3.8, 4) is 0 Å². The molecule has 1 fully saturated rings. The molecule has 1 saturated heterocycles. The number of hydrogen-bond donors (Lipinski definition) is 4. The lowest BCUT2D eigenvalue weighted by atomic mass is 10.2. The normalized spacial score (nSPS) is 21.6. The number of imidazole rings is 1. The summed E-state index contributed by atoms with van der Waals surface area (Å²) in [7, 11) is -1.86. The summed E-state index contributed by atoms with van der Waals surface area (Å²) >= 11 is 0. The number of fused-ring (bicyclic) bond motifs is 1. The van der Waals surface area contributed by atoms with Crippen molar-refractivity contribution < 1.29 is 32.4 Å². The number of aldehydes is 1. The average Bonchev–Trinajstić information content (AvgIpc) is 3.29. The molecule has 3 rings (SSSR count). The first-order valence-corrected chi connectivity index (χ1v) is 11.6. The zero-order valence-electron chi connectivity index (χ0n) is 18.7. The van der Waals surface area contributed by atoms with Gasteiger partial charge < -0.3 is 24.5 Å². The second kappa shape index (κ2) is 10.8. The zero-order chi connectivity index (χ0) is 25.0. The predicted molar refractivity (Wildman–Crippen MR) is 117 cm³/mol. The molecule has 3 heterocycles. The molecule has 5 N–H and O–H groups in total. The average molecular weight is 505 g/mol. The molecular weight excluding hydrogens is 479 g/mol. The maximum absolute atomic E-state index is 14.7. The Hall–Kier alpha value is -2.58. The third-order valence-electron chi connectivity index (χ3n) is 4.69. The molecule has 0 spiro atoms. The standard InChI is InChI=1S/C18H26F2N7O6P/c1-9(2)32-16(30)10(3)26-34(23-4-5-28)31-7-11-18(19,20)6-12(33-11)27-8-22-13-14(27)24-17(21)25-15(13)29/h5,8-12,23,26H,4,6-7H2,1-3H3,(H3,21,24,25,29). The van der Waals surface area contributed by atoms with E-state index in [9.17, 15) is 23.2 Å².